The Morgan fingerprint density at radius 3 is 2.53 bits per heavy atom. The highest BCUT2D eigenvalue weighted by molar-refractivity contribution is 5.95. The lowest BCUT2D eigenvalue weighted by atomic mass is 10.1. The molecule has 1 N–H and O–H groups in total. The molecule has 0 saturated carbocycles. The molecule has 2 aromatic carbocycles. The fourth-order valence-electron chi connectivity index (χ4n) is 3.39. The lowest BCUT2D eigenvalue weighted by Gasteiger charge is -2.12. The molecule has 1 heterocycles. The maximum Gasteiger partial charge on any atom is 0.271 e. The first-order chi connectivity index (χ1) is 15.3. The molecular weight excluding hydrogens is 408 g/mol. The van der Waals surface area contributed by atoms with Gasteiger partial charge in [0.15, 0.2) is 0 Å². The maximum atomic E-state index is 12.4. The minimum absolute atomic E-state index is 0.0340. The molecule has 0 bridgehead atoms. The largest absolute Gasteiger partial charge is 0.494 e. The fourth-order valence-corrected chi connectivity index (χ4v) is 3.39. The van der Waals surface area contributed by atoms with E-state index in [1.165, 1.54) is 6.07 Å². The van der Waals surface area contributed by atoms with E-state index in [1.807, 2.05) is 38.3 Å². The summed E-state index contributed by atoms with van der Waals surface area (Å²) in [4.78, 5) is 23.1. The fraction of sp³-hybridized carbons (Fsp3) is 0.250. The van der Waals surface area contributed by atoms with Crippen LogP contribution in [0.15, 0.2) is 53.6 Å². The van der Waals surface area contributed by atoms with E-state index in [4.69, 9.17) is 4.74 Å². The maximum absolute atomic E-state index is 12.4. The van der Waals surface area contributed by atoms with E-state index in [-0.39, 0.29) is 11.6 Å². The van der Waals surface area contributed by atoms with Gasteiger partial charge in [0.05, 0.1) is 23.4 Å². The van der Waals surface area contributed by atoms with Crippen LogP contribution in [0.25, 0.3) is 5.69 Å². The predicted octanol–water partition coefficient (Wildman–Crippen LogP) is 4.86. The molecule has 32 heavy (non-hydrogen) atoms. The Kier molecular flexibility index (Phi) is 7.04. The molecule has 166 valence electrons. The zero-order valence-electron chi connectivity index (χ0n) is 18.6. The zero-order chi connectivity index (χ0) is 23.3. The van der Waals surface area contributed by atoms with E-state index in [2.05, 4.69) is 10.5 Å². The van der Waals surface area contributed by atoms with Gasteiger partial charge in [-0.15, -0.1) is 0 Å². The summed E-state index contributed by atoms with van der Waals surface area (Å²) in [7, 11) is 0. The Labute approximate surface area is 186 Å². The Balaban J connectivity index is 1.76. The zero-order valence-corrected chi connectivity index (χ0v) is 18.6. The number of benzene rings is 2. The normalized spacial score (nSPS) is 11.0. The Morgan fingerprint density at radius 1 is 1.16 bits per heavy atom. The summed E-state index contributed by atoms with van der Waals surface area (Å²) >= 11 is 0. The first-order valence-electron chi connectivity index (χ1n) is 10.3. The molecule has 1 aromatic heterocycles. The van der Waals surface area contributed by atoms with E-state index in [1.54, 1.807) is 42.6 Å². The molecule has 0 saturated heterocycles. The molecule has 0 spiro atoms. The van der Waals surface area contributed by atoms with Gasteiger partial charge in [0.2, 0.25) is 0 Å². The SMILES string of the molecule is CCCOc1ccc(C(=O)N/N=C\c2cc(C)n(-c3cc([N+](=O)[O-])ccc3C)c2C)cc1. The highest BCUT2D eigenvalue weighted by atomic mass is 16.6. The van der Waals surface area contributed by atoms with Crippen molar-refractivity contribution in [2.24, 2.45) is 5.10 Å². The second kappa shape index (κ2) is 9.91. The van der Waals surface area contributed by atoms with Crippen LogP contribution in [0.4, 0.5) is 5.69 Å². The molecule has 0 fully saturated rings. The van der Waals surface area contributed by atoms with Gasteiger partial charge in [-0.3, -0.25) is 14.9 Å². The predicted molar refractivity (Wildman–Crippen MR) is 124 cm³/mol. The summed E-state index contributed by atoms with van der Waals surface area (Å²) in [6.07, 6.45) is 2.49. The number of hydrogen-bond acceptors (Lipinski definition) is 5. The third kappa shape index (κ3) is 5.03. The van der Waals surface area contributed by atoms with Crippen LogP contribution in [0.3, 0.4) is 0 Å². The molecule has 8 nitrogen and oxygen atoms in total. The van der Waals surface area contributed by atoms with E-state index < -0.39 is 4.92 Å². The van der Waals surface area contributed by atoms with Gasteiger partial charge >= 0.3 is 0 Å². The molecule has 1 amide bonds. The topological polar surface area (TPSA) is 98.8 Å². The minimum Gasteiger partial charge on any atom is -0.494 e. The van der Waals surface area contributed by atoms with E-state index >= 15 is 0 Å². The standard InChI is InChI=1S/C24H26N4O4/c1-5-12-32-22-10-7-19(8-11-22)24(29)26-25-15-20-13-17(3)27(18(20)4)23-14-21(28(30)31)9-6-16(23)2/h6-11,13-15H,5,12H2,1-4H3,(H,26,29)/b25-15-. The van der Waals surface area contributed by atoms with Crippen molar-refractivity contribution in [2.45, 2.75) is 34.1 Å². The van der Waals surface area contributed by atoms with Gasteiger partial charge in [0, 0.05) is 34.6 Å². The molecule has 0 radical (unpaired) electrons. The molecule has 0 aliphatic carbocycles. The number of aryl methyl sites for hydroxylation is 2. The second-order valence-corrected chi connectivity index (χ2v) is 7.46. The Hall–Kier alpha value is -3.94. The number of nitrogens with zero attached hydrogens (tertiary/aromatic N) is 3. The summed E-state index contributed by atoms with van der Waals surface area (Å²) in [5.41, 5.74) is 7.27. The van der Waals surface area contributed by atoms with Crippen molar-refractivity contribution in [2.75, 3.05) is 6.61 Å². The van der Waals surface area contributed by atoms with E-state index in [0.29, 0.717) is 12.2 Å². The number of nitro groups is 1. The van der Waals surface area contributed by atoms with Gasteiger partial charge in [0.25, 0.3) is 11.6 Å². The third-order valence-electron chi connectivity index (χ3n) is 5.07. The Bertz CT molecular complexity index is 1160. The van der Waals surface area contributed by atoms with Gasteiger partial charge in [-0.05, 0) is 63.1 Å². The molecular formula is C24H26N4O4. The molecule has 3 aromatic rings. The number of nitrogens with one attached hydrogen (secondary N) is 1. The second-order valence-electron chi connectivity index (χ2n) is 7.46. The first-order valence-corrected chi connectivity index (χ1v) is 10.3. The van der Waals surface area contributed by atoms with Crippen LogP contribution in [-0.2, 0) is 0 Å². The summed E-state index contributed by atoms with van der Waals surface area (Å²) < 4.78 is 7.46. The number of hydrazone groups is 1. The van der Waals surface area contributed by atoms with E-state index in [0.717, 1.165) is 40.4 Å². The summed E-state index contributed by atoms with van der Waals surface area (Å²) in [5, 5.41) is 15.3. The molecule has 0 aliphatic rings. The molecule has 8 heteroatoms. The highest BCUT2D eigenvalue weighted by Crippen LogP contribution is 2.26. The number of hydrogen-bond donors (Lipinski definition) is 1. The smallest absolute Gasteiger partial charge is 0.271 e. The van der Waals surface area contributed by atoms with Crippen molar-refractivity contribution < 1.29 is 14.5 Å². The van der Waals surface area contributed by atoms with Gasteiger partial charge in [-0.2, -0.15) is 5.10 Å². The first kappa shape index (κ1) is 22.7. The van der Waals surface area contributed by atoms with Crippen LogP contribution < -0.4 is 10.2 Å². The van der Waals surface area contributed by atoms with Crippen molar-refractivity contribution in [3.05, 3.63) is 86.7 Å². The summed E-state index contributed by atoms with van der Waals surface area (Å²) in [5.74, 6) is 0.391. The number of aromatic nitrogens is 1. The van der Waals surface area contributed by atoms with Crippen LogP contribution in [0.1, 0.15) is 46.2 Å². The Morgan fingerprint density at radius 2 is 1.88 bits per heavy atom. The van der Waals surface area contributed by atoms with Crippen molar-refractivity contribution >= 4 is 17.8 Å². The number of carbonyl (C=O) groups is 1. The van der Waals surface area contributed by atoms with Crippen LogP contribution in [-0.4, -0.2) is 28.2 Å². The van der Waals surface area contributed by atoms with Crippen LogP contribution in [0.5, 0.6) is 5.75 Å². The van der Waals surface area contributed by atoms with Crippen molar-refractivity contribution in [1.29, 1.82) is 0 Å². The summed E-state index contributed by atoms with van der Waals surface area (Å²) in [6.45, 7) is 8.39. The third-order valence-corrected chi connectivity index (χ3v) is 5.07. The average molecular weight is 434 g/mol. The van der Waals surface area contributed by atoms with Gasteiger partial charge in [-0.25, -0.2) is 5.43 Å². The monoisotopic (exact) mass is 434 g/mol. The van der Waals surface area contributed by atoms with Crippen molar-refractivity contribution in [3.8, 4) is 11.4 Å². The van der Waals surface area contributed by atoms with Gasteiger partial charge < -0.3 is 9.30 Å². The van der Waals surface area contributed by atoms with E-state index in [9.17, 15) is 14.9 Å². The van der Waals surface area contributed by atoms with Crippen LogP contribution in [0, 0.1) is 30.9 Å². The lowest BCUT2D eigenvalue weighted by molar-refractivity contribution is -0.384. The van der Waals surface area contributed by atoms with Crippen LogP contribution in [0.2, 0.25) is 0 Å². The minimum atomic E-state index is -0.405. The molecule has 0 unspecified atom stereocenters. The lowest BCUT2D eigenvalue weighted by Crippen LogP contribution is -2.17. The number of carbonyl (C=O) groups excluding carboxylic acids is 1. The van der Waals surface area contributed by atoms with Crippen LogP contribution >= 0.6 is 0 Å². The molecule has 3 rings (SSSR count). The molecule has 0 aliphatic heterocycles. The quantitative estimate of drug-likeness (QED) is 0.311. The van der Waals surface area contributed by atoms with Gasteiger partial charge in [-0.1, -0.05) is 13.0 Å². The molecule has 0 atom stereocenters. The number of ether oxygens (including phenoxy) is 1. The number of non-ortho nitro benzene ring substituents is 1. The van der Waals surface area contributed by atoms with Crippen molar-refractivity contribution in [1.82, 2.24) is 9.99 Å². The van der Waals surface area contributed by atoms with Crippen molar-refractivity contribution in [3.63, 3.8) is 0 Å². The average Bonchev–Trinajstić information content (AvgIpc) is 3.05. The van der Waals surface area contributed by atoms with Gasteiger partial charge in [0.1, 0.15) is 5.75 Å². The number of amides is 1. The highest BCUT2D eigenvalue weighted by Gasteiger charge is 2.15. The number of nitro benzene ring substituents is 1. The number of rotatable bonds is 8. The summed E-state index contributed by atoms with van der Waals surface area (Å²) in [6, 6.07) is 13.6.